The van der Waals surface area contributed by atoms with Gasteiger partial charge in [-0.1, -0.05) is 26.7 Å². The number of carbonyl (C=O) groups is 1. The van der Waals surface area contributed by atoms with Crippen LogP contribution in [0.15, 0.2) is 15.9 Å². The number of halogens is 1. The lowest BCUT2D eigenvalue weighted by Crippen LogP contribution is -2.30. The number of nitrogens with one attached hydrogen (secondary N) is 1. The highest BCUT2D eigenvalue weighted by Crippen LogP contribution is 2.22. The van der Waals surface area contributed by atoms with E-state index in [1.54, 1.807) is 11.3 Å². The van der Waals surface area contributed by atoms with Crippen molar-refractivity contribution in [3.05, 3.63) is 20.8 Å². The minimum Gasteiger partial charge on any atom is -0.351 e. The Balaban J connectivity index is 2.44. The molecule has 4 heteroatoms. The zero-order valence-electron chi connectivity index (χ0n) is 10.5. The summed E-state index contributed by atoms with van der Waals surface area (Å²) >= 11 is 5.14. The molecule has 1 rings (SSSR count). The van der Waals surface area contributed by atoms with E-state index in [0.29, 0.717) is 6.54 Å². The number of hydrogen-bond acceptors (Lipinski definition) is 2. The first-order chi connectivity index (χ1) is 8.19. The highest BCUT2D eigenvalue weighted by Gasteiger charge is 2.16. The van der Waals surface area contributed by atoms with Gasteiger partial charge in [-0.3, -0.25) is 4.79 Å². The zero-order chi connectivity index (χ0) is 12.7. The summed E-state index contributed by atoms with van der Waals surface area (Å²) in [7, 11) is 0. The van der Waals surface area contributed by atoms with E-state index in [0.717, 1.165) is 30.2 Å². The Kier molecular flexibility index (Phi) is 6.82. The molecule has 2 nitrogen and oxygen atoms in total. The van der Waals surface area contributed by atoms with Gasteiger partial charge in [0, 0.05) is 15.3 Å². The summed E-state index contributed by atoms with van der Waals surface area (Å²) in [6, 6.07) is 2.02. The van der Waals surface area contributed by atoms with E-state index in [1.165, 1.54) is 4.88 Å². The standard InChI is InChI=1S/C13H20BrNOS/c1-3-5-10(6-4-2)13(16)15-9-12-11(14)7-8-17-12/h7-8,10H,3-6,9H2,1-2H3,(H,15,16). The van der Waals surface area contributed by atoms with Crippen LogP contribution in [0.2, 0.25) is 0 Å². The van der Waals surface area contributed by atoms with Crippen molar-refractivity contribution in [2.24, 2.45) is 5.92 Å². The first kappa shape index (κ1) is 14.7. The second-order valence-corrected chi connectivity index (χ2v) is 6.04. The van der Waals surface area contributed by atoms with Crippen LogP contribution in [0.4, 0.5) is 0 Å². The molecule has 0 fully saturated rings. The number of hydrogen-bond donors (Lipinski definition) is 1. The van der Waals surface area contributed by atoms with Crippen LogP contribution in [0, 0.1) is 5.92 Å². The Hall–Kier alpha value is -0.350. The monoisotopic (exact) mass is 317 g/mol. The van der Waals surface area contributed by atoms with Gasteiger partial charge < -0.3 is 5.32 Å². The van der Waals surface area contributed by atoms with Gasteiger partial charge in [0.25, 0.3) is 0 Å². The highest BCUT2D eigenvalue weighted by molar-refractivity contribution is 9.10. The van der Waals surface area contributed by atoms with Gasteiger partial charge >= 0.3 is 0 Å². The van der Waals surface area contributed by atoms with Crippen molar-refractivity contribution in [2.45, 2.75) is 46.1 Å². The molecule has 0 spiro atoms. The topological polar surface area (TPSA) is 29.1 Å². The third kappa shape index (κ3) is 4.80. The Morgan fingerprint density at radius 1 is 1.41 bits per heavy atom. The largest absolute Gasteiger partial charge is 0.351 e. The molecule has 0 aliphatic carbocycles. The summed E-state index contributed by atoms with van der Waals surface area (Å²) in [6.45, 7) is 4.90. The first-order valence-electron chi connectivity index (χ1n) is 6.18. The quantitative estimate of drug-likeness (QED) is 0.796. The number of carbonyl (C=O) groups excluding carboxylic acids is 1. The van der Waals surface area contributed by atoms with Crippen molar-refractivity contribution in [3.63, 3.8) is 0 Å². The molecule has 1 aromatic rings. The summed E-state index contributed by atoms with van der Waals surface area (Å²) in [4.78, 5) is 13.2. The summed E-state index contributed by atoms with van der Waals surface area (Å²) < 4.78 is 1.09. The number of rotatable bonds is 7. The van der Waals surface area contributed by atoms with Gasteiger partial charge in [0.15, 0.2) is 0 Å². The van der Waals surface area contributed by atoms with Crippen LogP contribution in [0.5, 0.6) is 0 Å². The van der Waals surface area contributed by atoms with Crippen molar-refractivity contribution >= 4 is 33.2 Å². The molecular weight excluding hydrogens is 298 g/mol. The summed E-state index contributed by atoms with van der Waals surface area (Å²) in [5, 5.41) is 5.07. The molecule has 0 radical (unpaired) electrons. The predicted octanol–water partition coefficient (Wildman–Crippen LogP) is 4.34. The SMILES string of the molecule is CCCC(CCC)C(=O)NCc1sccc1Br. The molecule has 0 aliphatic heterocycles. The molecule has 17 heavy (non-hydrogen) atoms. The molecule has 1 aromatic heterocycles. The molecule has 96 valence electrons. The van der Waals surface area contributed by atoms with Crippen LogP contribution in [-0.2, 0) is 11.3 Å². The van der Waals surface area contributed by atoms with E-state index in [1.807, 2.05) is 11.4 Å². The lowest BCUT2D eigenvalue weighted by Gasteiger charge is -2.14. The second-order valence-electron chi connectivity index (χ2n) is 4.18. The smallest absolute Gasteiger partial charge is 0.223 e. The van der Waals surface area contributed by atoms with Crippen LogP contribution in [0.1, 0.15) is 44.4 Å². The van der Waals surface area contributed by atoms with E-state index in [2.05, 4.69) is 35.1 Å². The fourth-order valence-electron chi connectivity index (χ4n) is 1.87. The Bertz CT molecular complexity index is 345. The van der Waals surface area contributed by atoms with Crippen molar-refractivity contribution in [3.8, 4) is 0 Å². The van der Waals surface area contributed by atoms with Gasteiger partial charge in [0.05, 0.1) is 6.54 Å². The molecule has 1 N–H and O–H groups in total. The molecule has 0 saturated heterocycles. The second kappa shape index (κ2) is 7.88. The van der Waals surface area contributed by atoms with E-state index in [9.17, 15) is 4.79 Å². The zero-order valence-corrected chi connectivity index (χ0v) is 12.9. The first-order valence-corrected chi connectivity index (χ1v) is 7.85. The van der Waals surface area contributed by atoms with E-state index in [4.69, 9.17) is 0 Å². The molecule has 0 unspecified atom stereocenters. The minimum atomic E-state index is 0.184. The summed E-state index contributed by atoms with van der Waals surface area (Å²) in [6.07, 6.45) is 4.12. The molecule has 0 aliphatic rings. The molecule has 0 saturated carbocycles. The maximum absolute atomic E-state index is 12.0. The van der Waals surface area contributed by atoms with Crippen LogP contribution in [0.25, 0.3) is 0 Å². The summed E-state index contributed by atoms with van der Waals surface area (Å²) in [5.41, 5.74) is 0. The van der Waals surface area contributed by atoms with Gasteiger partial charge in [0.2, 0.25) is 5.91 Å². The van der Waals surface area contributed by atoms with Crippen LogP contribution >= 0.6 is 27.3 Å². The van der Waals surface area contributed by atoms with E-state index in [-0.39, 0.29) is 11.8 Å². The van der Waals surface area contributed by atoms with Crippen molar-refractivity contribution in [1.29, 1.82) is 0 Å². The number of amides is 1. The van der Waals surface area contributed by atoms with Crippen molar-refractivity contribution in [1.82, 2.24) is 5.32 Å². The lowest BCUT2D eigenvalue weighted by molar-refractivity contribution is -0.125. The Morgan fingerprint density at radius 3 is 2.53 bits per heavy atom. The number of thiophene rings is 1. The van der Waals surface area contributed by atoms with Gasteiger partial charge in [-0.2, -0.15) is 0 Å². The predicted molar refractivity (Wildman–Crippen MR) is 77.2 cm³/mol. The molecule has 1 amide bonds. The third-order valence-corrected chi connectivity index (χ3v) is 4.69. The van der Waals surface area contributed by atoms with Crippen molar-refractivity contribution < 1.29 is 4.79 Å². The molecule has 0 atom stereocenters. The van der Waals surface area contributed by atoms with Crippen LogP contribution in [-0.4, -0.2) is 5.91 Å². The van der Waals surface area contributed by atoms with Crippen LogP contribution in [0.3, 0.4) is 0 Å². The van der Waals surface area contributed by atoms with Gasteiger partial charge in [-0.05, 0) is 40.2 Å². The summed E-state index contributed by atoms with van der Waals surface area (Å²) in [5.74, 6) is 0.387. The fraction of sp³-hybridized carbons (Fsp3) is 0.615. The average molecular weight is 318 g/mol. The fourth-order valence-corrected chi connectivity index (χ4v) is 3.30. The Labute approximate surface area is 116 Å². The van der Waals surface area contributed by atoms with Crippen molar-refractivity contribution in [2.75, 3.05) is 0 Å². The molecule has 0 bridgehead atoms. The molecule has 0 aromatic carbocycles. The van der Waals surface area contributed by atoms with Crippen LogP contribution < -0.4 is 5.32 Å². The van der Waals surface area contributed by atoms with Gasteiger partial charge in [-0.25, -0.2) is 0 Å². The average Bonchev–Trinajstić information content (AvgIpc) is 2.71. The normalized spacial score (nSPS) is 10.8. The molecular formula is C13H20BrNOS. The lowest BCUT2D eigenvalue weighted by atomic mass is 9.97. The Morgan fingerprint density at radius 2 is 2.06 bits per heavy atom. The highest BCUT2D eigenvalue weighted by atomic mass is 79.9. The third-order valence-electron chi connectivity index (χ3n) is 2.76. The maximum Gasteiger partial charge on any atom is 0.223 e. The molecule has 1 heterocycles. The minimum absolute atomic E-state index is 0.184. The van der Waals surface area contributed by atoms with Gasteiger partial charge in [0.1, 0.15) is 0 Å². The maximum atomic E-state index is 12.0. The van der Waals surface area contributed by atoms with E-state index >= 15 is 0 Å². The van der Waals surface area contributed by atoms with E-state index < -0.39 is 0 Å². The van der Waals surface area contributed by atoms with Gasteiger partial charge in [-0.15, -0.1) is 11.3 Å².